The van der Waals surface area contributed by atoms with Gasteiger partial charge in [-0.15, -0.1) is 0 Å². The van der Waals surface area contributed by atoms with E-state index in [1.165, 1.54) is 11.1 Å². The van der Waals surface area contributed by atoms with Crippen LogP contribution in [0.4, 0.5) is 5.69 Å². The quantitative estimate of drug-likeness (QED) is 0.910. The molecule has 130 valence electrons. The second kappa shape index (κ2) is 7.51. The van der Waals surface area contributed by atoms with Gasteiger partial charge in [-0.25, -0.2) is 0 Å². The number of nitrogens with zero attached hydrogens (tertiary/aromatic N) is 1. The Morgan fingerprint density at radius 2 is 1.64 bits per heavy atom. The van der Waals surface area contributed by atoms with Gasteiger partial charge in [-0.05, 0) is 38.0 Å². The fourth-order valence-corrected chi connectivity index (χ4v) is 3.06. The van der Waals surface area contributed by atoms with Crippen molar-refractivity contribution in [1.82, 2.24) is 4.90 Å². The zero-order valence-corrected chi connectivity index (χ0v) is 14.8. The van der Waals surface area contributed by atoms with Crippen LogP contribution in [-0.4, -0.2) is 29.8 Å². The van der Waals surface area contributed by atoms with Gasteiger partial charge in [0.1, 0.15) is 0 Å². The molecule has 0 spiro atoms. The van der Waals surface area contributed by atoms with E-state index in [4.69, 9.17) is 0 Å². The molecule has 0 aromatic heterocycles. The first-order chi connectivity index (χ1) is 12.0. The number of amides is 2. The lowest BCUT2D eigenvalue weighted by atomic mass is 10.1. The average molecular weight is 336 g/mol. The first kappa shape index (κ1) is 17.2. The molecule has 2 aromatic carbocycles. The highest BCUT2D eigenvalue weighted by Crippen LogP contribution is 2.20. The van der Waals surface area contributed by atoms with Crippen LogP contribution < -0.4 is 5.32 Å². The standard InChI is InChI=1S/C21H24N2O2/c1-15-3-7-17(8-4-15)11-12-23-14-18(13-20(23)24)21(25)22-19-9-5-16(2)6-10-19/h3-10,18H,11-14H2,1-2H3,(H,22,25). The van der Waals surface area contributed by atoms with Gasteiger partial charge in [0.15, 0.2) is 0 Å². The Labute approximate surface area is 148 Å². The fourth-order valence-electron chi connectivity index (χ4n) is 3.06. The maximum absolute atomic E-state index is 12.4. The highest BCUT2D eigenvalue weighted by atomic mass is 16.2. The minimum Gasteiger partial charge on any atom is -0.342 e. The predicted octanol–water partition coefficient (Wildman–Crippen LogP) is 3.33. The van der Waals surface area contributed by atoms with Gasteiger partial charge >= 0.3 is 0 Å². The van der Waals surface area contributed by atoms with Crippen molar-refractivity contribution in [3.63, 3.8) is 0 Å². The van der Waals surface area contributed by atoms with Gasteiger partial charge in [-0.2, -0.15) is 0 Å². The molecule has 0 radical (unpaired) electrons. The van der Waals surface area contributed by atoms with Crippen molar-refractivity contribution in [3.05, 3.63) is 65.2 Å². The van der Waals surface area contributed by atoms with Gasteiger partial charge in [0.05, 0.1) is 5.92 Å². The number of hydrogen-bond acceptors (Lipinski definition) is 2. The number of likely N-dealkylation sites (tertiary alicyclic amines) is 1. The summed E-state index contributed by atoms with van der Waals surface area (Å²) < 4.78 is 0. The zero-order chi connectivity index (χ0) is 17.8. The molecule has 1 heterocycles. The fraction of sp³-hybridized carbons (Fsp3) is 0.333. The molecule has 1 atom stereocenters. The molecular weight excluding hydrogens is 312 g/mol. The third kappa shape index (κ3) is 4.47. The number of anilines is 1. The van der Waals surface area contributed by atoms with Crippen LogP contribution in [0.25, 0.3) is 0 Å². The van der Waals surface area contributed by atoms with E-state index in [-0.39, 0.29) is 17.7 Å². The molecule has 1 saturated heterocycles. The van der Waals surface area contributed by atoms with Crippen LogP contribution in [0.2, 0.25) is 0 Å². The molecule has 2 aromatic rings. The smallest absolute Gasteiger partial charge is 0.229 e. The first-order valence-corrected chi connectivity index (χ1v) is 8.72. The molecule has 0 saturated carbocycles. The largest absolute Gasteiger partial charge is 0.342 e. The number of benzene rings is 2. The number of carbonyl (C=O) groups excluding carboxylic acids is 2. The van der Waals surface area contributed by atoms with E-state index in [1.807, 2.05) is 31.2 Å². The van der Waals surface area contributed by atoms with Crippen molar-refractivity contribution in [2.24, 2.45) is 5.92 Å². The summed E-state index contributed by atoms with van der Waals surface area (Å²) in [4.78, 5) is 26.4. The summed E-state index contributed by atoms with van der Waals surface area (Å²) in [5, 5.41) is 2.91. The Kier molecular flexibility index (Phi) is 5.17. The lowest BCUT2D eigenvalue weighted by Crippen LogP contribution is -2.30. The molecule has 1 N–H and O–H groups in total. The van der Waals surface area contributed by atoms with Gasteiger partial charge in [0, 0.05) is 25.2 Å². The summed E-state index contributed by atoms with van der Waals surface area (Å²) in [6.45, 7) is 5.23. The molecule has 1 aliphatic rings. The number of rotatable bonds is 5. The summed E-state index contributed by atoms with van der Waals surface area (Å²) in [6, 6.07) is 16.1. The van der Waals surface area contributed by atoms with E-state index in [9.17, 15) is 9.59 Å². The highest BCUT2D eigenvalue weighted by Gasteiger charge is 2.33. The van der Waals surface area contributed by atoms with Crippen LogP contribution in [-0.2, 0) is 16.0 Å². The second-order valence-corrected chi connectivity index (χ2v) is 6.83. The molecule has 1 aliphatic heterocycles. The van der Waals surface area contributed by atoms with Gasteiger partial charge in [0.2, 0.25) is 11.8 Å². The molecule has 0 bridgehead atoms. The van der Waals surface area contributed by atoms with Crippen LogP contribution in [0.5, 0.6) is 0 Å². The monoisotopic (exact) mass is 336 g/mol. The number of hydrogen-bond donors (Lipinski definition) is 1. The number of carbonyl (C=O) groups is 2. The van der Waals surface area contributed by atoms with Crippen molar-refractivity contribution in [2.75, 3.05) is 18.4 Å². The first-order valence-electron chi connectivity index (χ1n) is 8.72. The maximum Gasteiger partial charge on any atom is 0.229 e. The Bertz CT molecular complexity index is 750. The minimum absolute atomic E-state index is 0.0659. The second-order valence-electron chi connectivity index (χ2n) is 6.83. The van der Waals surface area contributed by atoms with Crippen LogP contribution in [0, 0.1) is 19.8 Å². The van der Waals surface area contributed by atoms with E-state index in [0.29, 0.717) is 19.5 Å². The maximum atomic E-state index is 12.4. The van der Waals surface area contributed by atoms with Crippen LogP contribution in [0.1, 0.15) is 23.1 Å². The van der Waals surface area contributed by atoms with Gasteiger partial charge in [0.25, 0.3) is 0 Å². The molecule has 2 amide bonds. The molecule has 25 heavy (non-hydrogen) atoms. The Morgan fingerprint density at radius 1 is 1.04 bits per heavy atom. The van der Waals surface area contributed by atoms with Crippen molar-refractivity contribution < 1.29 is 9.59 Å². The lowest BCUT2D eigenvalue weighted by Gasteiger charge is -2.16. The zero-order valence-electron chi connectivity index (χ0n) is 14.8. The van der Waals surface area contributed by atoms with Crippen molar-refractivity contribution in [3.8, 4) is 0 Å². The van der Waals surface area contributed by atoms with Crippen LogP contribution in [0.3, 0.4) is 0 Å². The number of aryl methyl sites for hydroxylation is 2. The Morgan fingerprint density at radius 3 is 2.28 bits per heavy atom. The van der Waals surface area contributed by atoms with E-state index in [2.05, 4.69) is 36.5 Å². The molecular formula is C21H24N2O2. The molecule has 0 aliphatic carbocycles. The Balaban J connectivity index is 1.53. The minimum atomic E-state index is -0.271. The molecule has 4 nitrogen and oxygen atoms in total. The third-order valence-corrected chi connectivity index (χ3v) is 4.70. The van der Waals surface area contributed by atoms with E-state index >= 15 is 0 Å². The summed E-state index contributed by atoms with van der Waals surface area (Å²) in [5.41, 5.74) is 4.37. The van der Waals surface area contributed by atoms with Crippen molar-refractivity contribution in [1.29, 1.82) is 0 Å². The SMILES string of the molecule is Cc1ccc(CCN2CC(C(=O)Nc3ccc(C)cc3)CC2=O)cc1. The summed E-state index contributed by atoms with van der Waals surface area (Å²) in [7, 11) is 0. The van der Waals surface area contributed by atoms with Gasteiger partial charge in [-0.3, -0.25) is 9.59 Å². The summed E-state index contributed by atoms with van der Waals surface area (Å²) in [6.07, 6.45) is 1.11. The van der Waals surface area contributed by atoms with Crippen LogP contribution in [0.15, 0.2) is 48.5 Å². The molecule has 1 fully saturated rings. The van der Waals surface area contributed by atoms with E-state index in [1.54, 1.807) is 4.90 Å². The molecule has 4 heteroatoms. The predicted molar refractivity (Wildman–Crippen MR) is 99.4 cm³/mol. The van der Waals surface area contributed by atoms with Crippen LogP contribution >= 0.6 is 0 Å². The highest BCUT2D eigenvalue weighted by molar-refractivity contribution is 5.97. The molecule has 1 unspecified atom stereocenters. The van der Waals surface area contributed by atoms with Crippen molar-refractivity contribution >= 4 is 17.5 Å². The van der Waals surface area contributed by atoms with E-state index in [0.717, 1.165) is 17.7 Å². The summed E-state index contributed by atoms with van der Waals surface area (Å²) in [5.74, 6) is -0.280. The topological polar surface area (TPSA) is 49.4 Å². The lowest BCUT2D eigenvalue weighted by molar-refractivity contribution is -0.128. The van der Waals surface area contributed by atoms with Gasteiger partial charge < -0.3 is 10.2 Å². The van der Waals surface area contributed by atoms with Crippen molar-refractivity contribution in [2.45, 2.75) is 26.7 Å². The summed E-state index contributed by atoms with van der Waals surface area (Å²) >= 11 is 0. The number of nitrogens with one attached hydrogen (secondary N) is 1. The average Bonchev–Trinajstić information content (AvgIpc) is 2.97. The van der Waals surface area contributed by atoms with E-state index < -0.39 is 0 Å². The normalized spacial score (nSPS) is 17.0. The third-order valence-electron chi connectivity index (χ3n) is 4.70. The molecule has 3 rings (SSSR count). The van der Waals surface area contributed by atoms with Gasteiger partial charge in [-0.1, -0.05) is 47.5 Å². The Hall–Kier alpha value is -2.62.